The minimum atomic E-state index is 0.167. The molecule has 14 heavy (non-hydrogen) atoms. The Bertz CT molecular complexity index is 238. The number of hydrogen-bond donors (Lipinski definition) is 0. The lowest BCUT2D eigenvalue weighted by Gasteiger charge is -2.07. The van der Waals surface area contributed by atoms with E-state index in [1.807, 2.05) is 18.2 Å². The van der Waals surface area contributed by atoms with Gasteiger partial charge < -0.3 is 0 Å². The minimum absolute atomic E-state index is 0.167. The van der Waals surface area contributed by atoms with Crippen LogP contribution in [0.3, 0.4) is 0 Å². The fraction of sp³-hybridized carbons (Fsp3) is 0.455. The van der Waals surface area contributed by atoms with E-state index in [2.05, 4.69) is 12.1 Å². The van der Waals surface area contributed by atoms with Crippen LogP contribution < -0.4 is 0 Å². The summed E-state index contributed by atoms with van der Waals surface area (Å²) in [5.41, 5.74) is 0. The van der Waals surface area contributed by atoms with Gasteiger partial charge in [-0.25, -0.2) is 0 Å². The summed E-state index contributed by atoms with van der Waals surface area (Å²) in [6.07, 6.45) is 3.19. The van der Waals surface area contributed by atoms with E-state index in [4.69, 9.17) is 23.2 Å². The quantitative estimate of drug-likeness (QED) is 0.398. The third-order valence-electron chi connectivity index (χ3n) is 1.82. The number of unbranched alkanes of at least 4 members (excludes halogenated alkanes) is 1. The van der Waals surface area contributed by atoms with E-state index in [0.29, 0.717) is 0 Å². The van der Waals surface area contributed by atoms with Crippen LogP contribution in [0.15, 0.2) is 35.2 Å². The molecule has 1 aromatic carbocycles. The van der Waals surface area contributed by atoms with Crippen molar-refractivity contribution in [3.63, 3.8) is 0 Å². The minimum Gasteiger partial charge on any atom is -0.127 e. The van der Waals surface area contributed by atoms with Crippen molar-refractivity contribution < 1.29 is 0 Å². The van der Waals surface area contributed by atoms with Crippen molar-refractivity contribution in [1.29, 1.82) is 0 Å². The largest absolute Gasteiger partial charge is 0.127 e. The lowest BCUT2D eigenvalue weighted by Crippen LogP contribution is -1.92. The lowest BCUT2D eigenvalue weighted by molar-refractivity contribution is 0.764. The molecule has 0 saturated carbocycles. The van der Waals surface area contributed by atoms with Gasteiger partial charge in [0.2, 0.25) is 0 Å². The summed E-state index contributed by atoms with van der Waals surface area (Å²) in [6.45, 7) is 0. The molecule has 0 radical (unpaired) electrons. The molecule has 0 aromatic heterocycles. The van der Waals surface area contributed by atoms with Crippen LogP contribution in [-0.2, 0) is 0 Å². The third-order valence-corrected chi connectivity index (χ3v) is 3.61. The maximum absolute atomic E-state index is 6.17. The zero-order chi connectivity index (χ0) is 10.2. The molecule has 1 unspecified atom stereocenters. The number of hydrogen-bond acceptors (Lipinski definition) is 1. The van der Waals surface area contributed by atoms with Crippen molar-refractivity contribution in [2.24, 2.45) is 0 Å². The van der Waals surface area contributed by atoms with Gasteiger partial charge in [0, 0.05) is 10.8 Å². The Morgan fingerprint density at radius 1 is 1.14 bits per heavy atom. The summed E-state index contributed by atoms with van der Waals surface area (Å²) < 4.78 is 0.167. The molecule has 78 valence electrons. The average molecular weight is 249 g/mol. The molecular weight excluding hydrogens is 235 g/mol. The Kier molecular flexibility index (Phi) is 6.50. The van der Waals surface area contributed by atoms with Crippen LogP contribution in [0.5, 0.6) is 0 Å². The summed E-state index contributed by atoms with van der Waals surface area (Å²) in [4.78, 5) is 1.23. The highest BCUT2D eigenvalue weighted by Gasteiger charge is 2.05. The monoisotopic (exact) mass is 248 g/mol. The number of benzene rings is 1. The standard InChI is InChI=1S/C11H14Cl2S/c12-9-5-4-8-11(13)14-10-6-2-1-3-7-10/h1-3,6-7,11H,4-5,8-9H2. The van der Waals surface area contributed by atoms with Crippen LogP contribution in [0, 0.1) is 0 Å². The first kappa shape index (κ1) is 12.2. The van der Waals surface area contributed by atoms with E-state index in [9.17, 15) is 0 Å². The zero-order valence-corrected chi connectivity index (χ0v) is 10.3. The number of halogens is 2. The number of thioether (sulfide) groups is 1. The van der Waals surface area contributed by atoms with Gasteiger partial charge in [-0.1, -0.05) is 18.2 Å². The second kappa shape index (κ2) is 7.44. The molecule has 1 atom stereocenters. The highest BCUT2D eigenvalue weighted by molar-refractivity contribution is 8.01. The van der Waals surface area contributed by atoms with Crippen LogP contribution >= 0.6 is 35.0 Å². The van der Waals surface area contributed by atoms with Gasteiger partial charge in [-0.2, -0.15) is 0 Å². The van der Waals surface area contributed by atoms with Gasteiger partial charge in [0.15, 0.2) is 0 Å². The fourth-order valence-corrected chi connectivity index (χ4v) is 2.65. The second-order valence-electron chi connectivity index (χ2n) is 3.03. The van der Waals surface area contributed by atoms with Gasteiger partial charge in [0.25, 0.3) is 0 Å². The normalized spacial score (nSPS) is 12.7. The van der Waals surface area contributed by atoms with Crippen molar-refractivity contribution in [1.82, 2.24) is 0 Å². The SMILES string of the molecule is ClCCCCC(Cl)Sc1ccccc1. The fourth-order valence-electron chi connectivity index (χ4n) is 1.10. The maximum Gasteiger partial charge on any atom is 0.0835 e. The summed E-state index contributed by atoms with van der Waals surface area (Å²) in [7, 11) is 0. The van der Waals surface area contributed by atoms with E-state index < -0.39 is 0 Å². The van der Waals surface area contributed by atoms with Crippen LogP contribution in [-0.4, -0.2) is 10.6 Å². The Hall–Kier alpha value is 0.150. The van der Waals surface area contributed by atoms with Crippen molar-refractivity contribution in [2.45, 2.75) is 28.9 Å². The predicted octanol–water partition coefficient (Wildman–Crippen LogP) is 4.75. The molecule has 0 aliphatic rings. The second-order valence-corrected chi connectivity index (χ2v) is 5.47. The molecule has 1 rings (SSSR count). The van der Waals surface area contributed by atoms with Crippen molar-refractivity contribution >= 4 is 35.0 Å². The van der Waals surface area contributed by atoms with Gasteiger partial charge in [-0.15, -0.1) is 35.0 Å². The molecule has 0 bridgehead atoms. The molecule has 0 saturated heterocycles. The molecule has 0 nitrogen and oxygen atoms in total. The smallest absolute Gasteiger partial charge is 0.0835 e. The van der Waals surface area contributed by atoms with Gasteiger partial charge >= 0.3 is 0 Å². The highest BCUT2D eigenvalue weighted by Crippen LogP contribution is 2.28. The van der Waals surface area contributed by atoms with E-state index in [1.54, 1.807) is 11.8 Å². The first-order chi connectivity index (χ1) is 6.83. The van der Waals surface area contributed by atoms with Gasteiger partial charge in [-0.3, -0.25) is 0 Å². The molecule has 0 aliphatic carbocycles. The van der Waals surface area contributed by atoms with Crippen LogP contribution in [0.1, 0.15) is 19.3 Å². The van der Waals surface area contributed by atoms with E-state index in [1.165, 1.54) is 4.90 Å². The predicted molar refractivity (Wildman–Crippen MR) is 66.5 cm³/mol. The maximum atomic E-state index is 6.17. The van der Waals surface area contributed by atoms with Crippen LogP contribution in [0.25, 0.3) is 0 Å². The van der Waals surface area contributed by atoms with E-state index in [0.717, 1.165) is 25.1 Å². The van der Waals surface area contributed by atoms with Crippen molar-refractivity contribution in [3.8, 4) is 0 Å². The summed E-state index contributed by atoms with van der Waals surface area (Å²) >= 11 is 13.5. The Morgan fingerprint density at radius 2 is 1.86 bits per heavy atom. The van der Waals surface area contributed by atoms with E-state index in [-0.39, 0.29) is 4.71 Å². The van der Waals surface area contributed by atoms with Crippen LogP contribution in [0.2, 0.25) is 0 Å². The zero-order valence-electron chi connectivity index (χ0n) is 7.96. The first-order valence-electron chi connectivity index (χ1n) is 4.74. The Morgan fingerprint density at radius 3 is 2.50 bits per heavy atom. The lowest BCUT2D eigenvalue weighted by atomic mass is 10.3. The van der Waals surface area contributed by atoms with E-state index >= 15 is 0 Å². The number of rotatable bonds is 6. The molecule has 0 spiro atoms. The summed E-state index contributed by atoms with van der Waals surface area (Å²) in [5.74, 6) is 0.736. The molecule has 3 heteroatoms. The van der Waals surface area contributed by atoms with Gasteiger partial charge in [0.05, 0.1) is 4.71 Å². The van der Waals surface area contributed by atoms with Crippen molar-refractivity contribution in [3.05, 3.63) is 30.3 Å². The van der Waals surface area contributed by atoms with Gasteiger partial charge in [0.1, 0.15) is 0 Å². The van der Waals surface area contributed by atoms with Crippen molar-refractivity contribution in [2.75, 3.05) is 5.88 Å². The molecule has 0 heterocycles. The average Bonchev–Trinajstić information content (AvgIpc) is 2.20. The molecule has 0 amide bonds. The first-order valence-corrected chi connectivity index (χ1v) is 6.59. The topological polar surface area (TPSA) is 0 Å². The summed E-state index contributed by atoms with van der Waals surface area (Å²) in [6, 6.07) is 10.2. The Balaban J connectivity index is 2.23. The summed E-state index contributed by atoms with van der Waals surface area (Å²) in [5, 5.41) is 0. The highest BCUT2D eigenvalue weighted by atomic mass is 35.5. The van der Waals surface area contributed by atoms with Gasteiger partial charge in [-0.05, 0) is 31.4 Å². The number of alkyl halides is 2. The molecule has 0 aliphatic heterocycles. The molecular formula is C11H14Cl2S. The Labute approximate surface area is 100.0 Å². The van der Waals surface area contributed by atoms with Crippen LogP contribution in [0.4, 0.5) is 0 Å². The molecule has 0 N–H and O–H groups in total. The molecule has 1 aromatic rings. The molecule has 0 fully saturated rings. The third kappa shape index (κ3) is 5.14.